The zero-order valence-electron chi connectivity index (χ0n) is 22.9. The summed E-state index contributed by atoms with van der Waals surface area (Å²) in [7, 11) is 3.39. The third-order valence-electron chi connectivity index (χ3n) is 7.43. The van der Waals surface area contributed by atoms with Crippen molar-refractivity contribution < 1.29 is 19.1 Å². The average Bonchev–Trinajstić information content (AvgIpc) is 3.61. The maximum atomic E-state index is 13.4. The molecule has 1 fully saturated rings. The van der Waals surface area contributed by atoms with Gasteiger partial charge in [-0.25, -0.2) is 9.78 Å². The highest BCUT2D eigenvalue weighted by Gasteiger charge is 2.52. The number of hydrogen-bond acceptors (Lipinski definition) is 5. The SMILES string of the molecule is COc1ccc2c(OCC[C@@H]3NC(=O)N(C)CCCC/C=C\[C@@H]4C[C@@]4(I)NC3=O)cc(-c3ccccc3)nc2c1. The lowest BCUT2D eigenvalue weighted by Crippen LogP contribution is -2.53. The van der Waals surface area contributed by atoms with E-state index < -0.39 is 6.04 Å². The van der Waals surface area contributed by atoms with Crippen molar-refractivity contribution in [2.75, 3.05) is 27.3 Å². The second kappa shape index (κ2) is 12.4. The van der Waals surface area contributed by atoms with E-state index in [4.69, 9.17) is 14.5 Å². The van der Waals surface area contributed by atoms with Crippen LogP contribution in [0.15, 0.2) is 66.7 Å². The van der Waals surface area contributed by atoms with Crippen LogP contribution in [0.25, 0.3) is 22.2 Å². The Labute approximate surface area is 248 Å². The molecule has 2 aliphatic rings. The number of alkyl halides is 1. The van der Waals surface area contributed by atoms with E-state index in [2.05, 4.69) is 45.4 Å². The number of allylic oxidation sites excluding steroid dienone is 1. The number of hydrogen-bond donors (Lipinski definition) is 2. The molecule has 9 heteroatoms. The van der Waals surface area contributed by atoms with Crippen molar-refractivity contribution in [1.29, 1.82) is 0 Å². The van der Waals surface area contributed by atoms with Gasteiger partial charge in [0.2, 0.25) is 5.91 Å². The van der Waals surface area contributed by atoms with Crippen LogP contribution in [0.4, 0.5) is 4.79 Å². The molecule has 2 N–H and O–H groups in total. The maximum absolute atomic E-state index is 13.4. The standard InChI is InChI=1S/C31H35IN4O4/c1-36-16-9-4-3-8-12-22-20-31(22,32)35-29(37)25(34-30(36)38)15-17-40-28-19-26(21-10-6-5-7-11-21)33-27-18-23(39-2)13-14-24(27)28/h5-8,10-14,18-19,22,25H,3-4,9,15-17,20H2,1-2H3,(H,34,38)(H,35,37)/b12-8-/t22-,25+,31-/m1/s1. The highest BCUT2D eigenvalue weighted by atomic mass is 127. The molecule has 2 heterocycles. The van der Waals surface area contributed by atoms with E-state index in [-0.39, 0.29) is 22.1 Å². The fourth-order valence-electron chi connectivity index (χ4n) is 4.88. The number of carbonyl (C=O) groups is 2. The molecule has 1 aliphatic carbocycles. The minimum Gasteiger partial charge on any atom is -0.497 e. The van der Waals surface area contributed by atoms with Gasteiger partial charge in [-0.05, 0) is 37.8 Å². The normalized spacial score (nSPS) is 24.3. The molecule has 3 aromatic rings. The van der Waals surface area contributed by atoms with Gasteiger partial charge in [0.25, 0.3) is 0 Å². The summed E-state index contributed by atoms with van der Waals surface area (Å²) < 4.78 is 11.4. The third kappa shape index (κ3) is 6.68. The Hall–Kier alpha value is -3.34. The molecule has 0 saturated heterocycles. The number of nitrogens with zero attached hydrogens (tertiary/aromatic N) is 2. The molecule has 3 atom stereocenters. The van der Waals surface area contributed by atoms with Crippen molar-refractivity contribution in [3.05, 3.63) is 66.7 Å². The lowest BCUT2D eigenvalue weighted by molar-refractivity contribution is -0.123. The van der Waals surface area contributed by atoms with Crippen molar-refractivity contribution in [3.8, 4) is 22.8 Å². The Balaban J connectivity index is 1.36. The minimum atomic E-state index is -0.725. The smallest absolute Gasteiger partial charge is 0.317 e. The number of amides is 3. The predicted octanol–water partition coefficient (Wildman–Crippen LogP) is 5.70. The van der Waals surface area contributed by atoms with Gasteiger partial charge in [0.15, 0.2) is 0 Å². The number of pyridine rings is 1. The van der Waals surface area contributed by atoms with Crippen LogP contribution >= 0.6 is 22.6 Å². The Morgan fingerprint density at radius 3 is 2.75 bits per heavy atom. The number of nitrogens with one attached hydrogen (secondary N) is 2. The first kappa shape index (κ1) is 28.2. The van der Waals surface area contributed by atoms with E-state index in [9.17, 15) is 9.59 Å². The van der Waals surface area contributed by atoms with Gasteiger partial charge in [0.1, 0.15) is 17.5 Å². The quantitative estimate of drug-likeness (QED) is 0.154. The van der Waals surface area contributed by atoms with Crippen LogP contribution in [0.1, 0.15) is 32.1 Å². The van der Waals surface area contributed by atoms with Crippen molar-refractivity contribution in [2.24, 2.45) is 5.92 Å². The van der Waals surface area contributed by atoms with E-state index in [0.29, 0.717) is 30.4 Å². The fourth-order valence-corrected chi connectivity index (χ4v) is 5.83. The van der Waals surface area contributed by atoms with Crippen LogP contribution in [-0.2, 0) is 4.79 Å². The number of benzene rings is 2. The van der Waals surface area contributed by atoms with E-state index >= 15 is 0 Å². The maximum Gasteiger partial charge on any atom is 0.317 e. The molecular weight excluding hydrogens is 619 g/mol. The summed E-state index contributed by atoms with van der Waals surface area (Å²) in [5, 5.41) is 6.97. The van der Waals surface area contributed by atoms with Crippen LogP contribution in [0, 0.1) is 5.92 Å². The topological polar surface area (TPSA) is 92.8 Å². The van der Waals surface area contributed by atoms with Gasteiger partial charge in [-0.2, -0.15) is 0 Å². The highest BCUT2D eigenvalue weighted by Crippen LogP contribution is 2.50. The largest absolute Gasteiger partial charge is 0.497 e. The van der Waals surface area contributed by atoms with Gasteiger partial charge in [-0.3, -0.25) is 4.79 Å². The summed E-state index contributed by atoms with van der Waals surface area (Å²) in [5.74, 6) is 1.49. The average molecular weight is 655 g/mol. The molecule has 210 valence electrons. The Kier molecular flexibility index (Phi) is 8.78. The van der Waals surface area contributed by atoms with Crippen LogP contribution < -0.4 is 20.1 Å². The first-order valence-electron chi connectivity index (χ1n) is 13.7. The van der Waals surface area contributed by atoms with Crippen LogP contribution in [0.2, 0.25) is 0 Å². The summed E-state index contributed by atoms with van der Waals surface area (Å²) >= 11 is 2.33. The summed E-state index contributed by atoms with van der Waals surface area (Å²) in [4.78, 5) is 32.8. The number of fused-ring (bicyclic) bond motifs is 2. The van der Waals surface area contributed by atoms with E-state index in [1.54, 1.807) is 19.1 Å². The zero-order chi connectivity index (χ0) is 28.1. The molecule has 40 heavy (non-hydrogen) atoms. The highest BCUT2D eigenvalue weighted by molar-refractivity contribution is 14.1. The van der Waals surface area contributed by atoms with Crippen molar-refractivity contribution in [1.82, 2.24) is 20.5 Å². The van der Waals surface area contributed by atoms with Crippen LogP contribution in [-0.4, -0.2) is 58.7 Å². The van der Waals surface area contributed by atoms with Gasteiger partial charge < -0.3 is 25.0 Å². The summed E-state index contributed by atoms with van der Waals surface area (Å²) in [5.41, 5.74) is 2.50. The monoisotopic (exact) mass is 654 g/mol. The summed E-state index contributed by atoms with van der Waals surface area (Å²) in [6, 6.07) is 16.5. The molecule has 1 aromatic heterocycles. The second-order valence-electron chi connectivity index (χ2n) is 10.4. The predicted molar refractivity (Wildman–Crippen MR) is 165 cm³/mol. The molecule has 1 saturated carbocycles. The Morgan fingerprint density at radius 1 is 1.12 bits per heavy atom. The number of aromatic nitrogens is 1. The number of carbonyl (C=O) groups excluding carboxylic acids is 2. The number of ether oxygens (including phenoxy) is 2. The van der Waals surface area contributed by atoms with Crippen molar-refractivity contribution >= 4 is 45.4 Å². The first-order valence-corrected chi connectivity index (χ1v) is 14.8. The second-order valence-corrected chi connectivity index (χ2v) is 12.3. The van der Waals surface area contributed by atoms with Gasteiger partial charge in [-0.1, -0.05) is 65.1 Å². The Bertz CT molecular complexity index is 1400. The molecule has 8 nitrogen and oxygen atoms in total. The summed E-state index contributed by atoms with van der Waals surface area (Å²) in [6.07, 6.45) is 8.54. The molecule has 0 radical (unpaired) electrons. The molecule has 1 aliphatic heterocycles. The lowest BCUT2D eigenvalue weighted by atomic mass is 10.1. The minimum absolute atomic E-state index is 0.193. The molecule has 2 aromatic carbocycles. The number of halogens is 1. The number of urea groups is 1. The molecule has 5 rings (SSSR count). The van der Waals surface area contributed by atoms with Crippen molar-refractivity contribution in [2.45, 2.75) is 41.7 Å². The first-order chi connectivity index (χ1) is 19.4. The fraction of sp³-hybridized carbons (Fsp3) is 0.387. The van der Waals surface area contributed by atoms with E-state index in [0.717, 1.165) is 47.8 Å². The lowest BCUT2D eigenvalue weighted by Gasteiger charge is -2.25. The number of methoxy groups -OCH3 is 1. The van der Waals surface area contributed by atoms with Gasteiger partial charge in [0, 0.05) is 49.0 Å². The van der Waals surface area contributed by atoms with Gasteiger partial charge in [0.05, 0.1) is 28.5 Å². The Morgan fingerprint density at radius 2 is 1.95 bits per heavy atom. The molecule has 0 spiro atoms. The molecule has 3 amide bonds. The molecule has 0 bridgehead atoms. The van der Waals surface area contributed by atoms with Gasteiger partial charge >= 0.3 is 6.03 Å². The van der Waals surface area contributed by atoms with E-state index in [1.807, 2.05) is 54.6 Å². The van der Waals surface area contributed by atoms with Gasteiger partial charge in [-0.15, -0.1) is 0 Å². The van der Waals surface area contributed by atoms with Crippen LogP contribution in [0.3, 0.4) is 0 Å². The molecular formula is C31H35IN4O4. The third-order valence-corrected chi connectivity index (χ3v) is 8.94. The zero-order valence-corrected chi connectivity index (χ0v) is 25.0. The van der Waals surface area contributed by atoms with Crippen LogP contribution in [0.5, 0.6) is 11.5 Å². The molecule has 0 unspecified atom stereocenters. The van der Waals surface area contributed by atoms with Crippen molar-refractivity contribution in [3.63, 3.8) is 0 Å². The van der Waals surface area contributed by atoms with E-state index in [1.165, 1.54) is 0 Å². The summed E-state index contributed by atoms with van der Waals surface area (Å²) in [6.45, 7) is 0.873. The number of rotatable bonds is 6.